The lowest BCUT2D eigenvalue weighted by Crippen LogP contribution is -2.38. The van der Waals surface area contributed by atoms with Gasteiger partial charge in [0, 0.05) is 5.54 Å². The highest BCUT2D eigenvalue weighted by Gasteiger charge is 2.17. The highest BCUT2D eigenvalue weighted by atomic mass is 15.1. The van der Waals surface area contributed by atoms with E-state index < -0.39 is 0 Å². The third kappa shape index (κ3) is 2.61. The molecule has 0 saturated carbocycles. The van der Waals surface area contributed by atoms with Gasteiger partial charge in [0.05, 0.1) is 0 Å². The first kappa shape index (κ1) is 8.63. The Bertz CT molecular complexity index is 95.1. The zero-order chi connectivity index (χ0) is 7.49. The van der Waals surface area contributed by atoms with Gasteiger partial charge in [0.1, 0.15) is 0 Å². The van der Waals surface area contributed by atoms with Gasteiger partial charge in [0.2, 0.25) is 0 Å². The summed E-state index contributed by atoms with van der Waals surface area (Å²) in [5.74, 6) is 0. The molecular weight excluding hydrogens is 112 g/mol. The van der Waals surface area contributed by atoms with Gasteiger partial charge >= 0.3 is 0 Å². The second-order valence-corrected chi connectivity index (χ2v) is 3.12. The van der Waals surface area contributed by atoms with Crippen molar-refractivity contribution in [3.63, 3.8) is 0 Å². The number of rotatable bonds is 3. The molecule has 0 aliphatic rings. The normalized spacial score (nSPS) is 12.1. The summed E-state index contributed by atoms with van der Waals surface area (Å²) < 4.78 is 0. The van der Waals surface area contributed by atoms with Gasteiger partial charge in [-0.05, 0) is 40.6 Å². The minimum absolute atomic E-state index is 0.141. The maximum absolute atomic E-state index is 6.90. The van der Waals surface area contributed by atoms with Crippen LogP contribution in [0.4, 0.5) is 0 Å². The van der Waals surface area contributed by atoms with Crippen LogP contribution >= 0.6 is 0 Å². The first-order chi connectivity index (χ1) is 4.00. The van der Waals surface area contributed by atoms with Crippen molar-refractivity contribution in [3.05, 3.63) is 0 Å². The molecule has 0 atom stereocenters. The van der Waals surface area contributed by atoms with E-state index in [1.54, 1.807) is 0 Å². The van der Waals surface area contributed by atoms with E-state index in [1.165, 1.54) is 6.21 Å². The largest absolute Gasteiger partial charge is 0.313 e. The van der Waals surface area contributed by atoms with E-state index in [0.717, 1.165) is 6.42 Å². The maximum Gasteiger partial charge on any atom is 0.0196 e. The summed E-state index contributed by atoms with van der Waals surface area (Å²) in [6.07, 6.45) is 2.28. The Balaban J connectivity index is 3.84. The van der Waals surface area contributed by atoms with Gasteiger partial charge in [-0.1, -0.05) is 0 Å². The van der Waals surface area contributed by atoms with Crippen molar-refractivity contribution in [2.24, 2.45) is 0 Å². The molecule has 2 nitrogen and oxygen atoms in total. The molecule has 0 fully saturated rings. The lowest BCUT2D eigenvalue weighted by Gasteiger charge is -2.30. The standard InChI is InChI=1S/C7H16N2/c1-7(2,5-6-8)9(3)4/h6,8H,5H2,1-4H3. The summed E-state index contributed by atoms with van der Waals surface area (Å²) >= 11 is 0. The molecule has 2 heteroatoms. The van der Waals surface area contributed by atoms with Crippen molar-refractivity contribution >= 4 is 6.21 Å². The Morgan fingerprint density at radius 2 is 1.89 bits per heavy atom. The summed E-state index contributed by atoms with van der Waals surface area (Å²) in [6.45, 7) is 4.25. The van der Waals surface area contributed by atoms with Crippen LogP contribution < -0.4 is 0 Å². The zero-order valence-electron chi connectivity index (χ0n) is 6.73. The minimum atomic E-state index is 0.141. The zero-order valence-corrected chi connectivity index (χ0v) is 6.73. The molecule has 54 valence electrons. The Hall–Kier alpha value is -0.370. The number of nitrogens with one attached hydrogen (secondary N) is 1. The van der Waals surface area contributed by atoms with Crippen LogP contribution in [0.15, 0.2) is 0 Å². The predicted molar refractivity (Wildman–Crippen MR) is 41.2 cm³/mol. The third-order valence-corrected chi connectivity index (χ3v) is 1.81. The first-order valence-electron chi connectivity index (χ1n) is 3.17. The van der Waals surface area contributed by atoms with Crippen LogP contribution in [0.3, 0.4) is 0 Å². The second-order valence-electron chi connectivity index (χ2n) is 3.12. The summed E-state index contributed by atoms with van der Waals surface area (Å²) in [7, 11) is 4.06. The van der Waals surface area contributed by atoms with Gasteiger partial charge in [-0.25, -0.2) is 0 Å². The molecule has 0 amide bonds. The SMILES string of the molecule is CN(C)C(C)(C)CC=N. The molecule has 0 bridgehead atoms. The van der Waals surface area contributed by atoms with E-state index in [0.29, 0.717) is 0 Å². The van der Waals surface area contributed by atoms with Crippen molar-refractivity contribution < 1.29 is 0 Å². The average molecular weight is 128 g/mol. The molecule has 0 unspecified atom stereocenters. The smallest absolute Gasteiger partial charge is 0.0196 e. The van der Waals surface area contributed by atoms with Crippen LogP contribution in [-0.2, 0) is 0 Å². The van der Waals surface area contributed by atoms with Crippen molar-refractivity contribution in [2.45, 2.75) is 25.8 Å². The highest BCUT2D eigenvalue weighted by molar-refractivity contribution is 5.54. The molecule has 0 aromatic carbocycles. The average Bonchev–Trinajstić information content (AvgIpc) is 1.65. The van der Waals surface area contributed by atoms with Gasteiger partial charge in [0.15, 0.2) is 0 Å². The van der Waals surface area contributed by atoms with Gasteiger partial charge in [-0.15, -0.1) is 0 Å². The molecule has 0 heterocycles. The van der Waals surface area contributed by atoms with Crippen LogP contribution in [0.1, 0.15) is 20.3 Å². The Labute approximate surface area is 57.4 Å². The Morgan fingerprint density at radius 1 is 1.44 bits per heavy atom. The van der Waals surface area contributed by atoms with Crippen molar-refractivity contribution in [3.8, 4) is 0 Å². The summed E-state index contributed by atoms with van der Waals surface area (Å²) in [4.78, 5) is 2.12. The molecule has 0 aliphatic carbocycles. The predicted octanol–water partition coefficient (Wildman–Crippen LogP) is 1.37. The fraction of sp³-hybridized carbons (Fsp3) is 0.857. The maximum atomic E-state index is 6.90. The molecule has 0 aromatic heterocycles. The molecule has 0 spiro atoms. The topological polar surface area (TPSA) is 27.1 Å². The lowest BCUT2D eigenvalue weighted by molar-refractivity contribution is 0.205. The summed E-state index contributed by atoms with van der Waals surface area (Å²) in [5, 5.41) is 6.90. The van der Waals surface area contributed by atoms with E-state index in [2.05, 4.69) is 18.7 Å². The fourth-order valence-electron chi connectivity index (χ4n) is 0.432. The van der Waals surface area contributed by atoms with Crippen molar-refractivity contribution in [1.29, 1.82) is 5.41 Å². The number of hydrogen-bond donors (Lipinski definition) is 1. The van der Waals surface area contributed by atoms with E-state index >= 15 is 0 Å². The molecule has 1 N–H and O–H groups in total. The monoisotopic (exact) mass is 128 g/mol. The summed E-state index contributed by atoms with van der Waals surface area (Å²) in [6, 6.07) is 0. The Morgan fingerprint density at radius 3 is 2.00 bits per heavy atom. The molecule has 0 rings (SSSR count). The van der Waals surface area contributed by atoms with Crippen molar-refractivity contribution in [1.82, 2.24) is 4.90 Å². The molecule has 0 radical (unpaired) electrons. The second kappa shape index (κ2) is 2.97. The van der Waals surface area contributed by atoms with Crippen LogP contribution in [0.5, 0.6) is 0 Å². The number of nitrogens with zero attached hydrogens (tertiary/aromatic N) is 1. The van der Waals surface area contributed by atoms with Gasteiger partial charge < -0.3 is 10.3 Å². The lowest BCUT2D eigenvalue weighted by atomic mass is 10.0. The van der Waals surface area contributed by atoms with Crippen LogP contribution in [-0.4, -0.2) is 30.7 Å². The Kier molecular flexibility index (Phi) is 2.85. The van der Waals surface area contributed by atoms with Gasteiger partial charge in [0.25, 0.3) is 0 Å². The van der Waals surface area contributed by atoms with Crippen LogP contribution in [0, 0.1) is 5.41 Å². The number of hydrogen-bond acceptors (Lipinski definition) is 2. The molecule has 0 aliphatic heterocycles. The molecule has 9 heavy (non-hydrogen) atoms. The van der Waals surface area contributed by atoms with E-state index in [-0.39, 0.29) is 5.54 Å². The third-order valence-electron chi connectivity index (χ3n) is 1.81. The van der Waals surface area contributed by atoms with E-state index in [9.17, 15) is 0 Å². The quantitative estimate of drug-likeness (QED) is 0.571. The summed E-state index contributed by atoms with van der Waals surface area (Å²) in [5.41, 5.74) is 0.141. The fourth-order valence-corrected chi connectivity index (χ4v) is 0.432. The molecular formula is C7H16N2. The van der Waals surface area contributed by atoms with Crippen molar-refractivity contribution in [2.75, 3.05) is 14.1 Å². The van der Waals surface area contributed by atoms with Crippen LogP contribution in [0.25, 0.3) is 0 Å². The first-order valence-corrected chi connectivity index (χ1v) is 3.17. The van der Waals surface area contributed by atoms with Gasteiger partial charge in [-0.3, -0.25) is 0 Å². The van der Waals surface area contributed by atoms with Gasteiger partial charge in [-0.2, -0.15) is 0 Å². The van der Waals surface area contributed by atoms with Crippen LogP contribution in [0.2, 0.25) is 0 Å². The molecule has 0 aromatic rings. The molecule has 0 saturated heterocycles. The minimum Gasteiger partial charge on any atom is -0.313 e. The van der Waals surface area contributed by atoms with E-state index in [4.69, 9.17) is 5.41 Å². The highest BCUT2D eigenvalue weighted by Crippen LogP contribution is 2.12. The van der Waals surface area contributed by atoms with E-state index in [1.807, 2.05) is 14.1 Å².